The van der Waals surface area contributed by atoms with Crippen molar-refractivity contribution in [3.8, 4) is 0 Å². The predicted molar refractivity (Wildman–Crippen MR) is 110 cm³/mol. The fourth-order valence-electron chi connectivity index (χ4n) is 3.96. The quantitative estimate of drug-likeness (QED) is 0.720. The summed E-state index contributed by atoms with van der Waals surface area (Å²) in [6, 6.07) is 15.7. The Morgan fingerprint density at radius 2 is 1.75 bits per heavy atom. The second kappa shape index (κ2) is 8.45. The largest absolute Gasteiger partial charge is 0.335 e. The molecule has 1 aliphatic rings. The summed E-state index contributed by atoms with van der Waals surface area (Å²) in [5.41, 5.74) is 3.90. The van der Waals surface area contributed by atoms with Gasteiger partial charge in [-0.15, -0.1) is 0 Å². The number of piperidine rings is 1. The molecule has 1 amide bonds. The summed E-state index contributed by atoms with van der Waals surface area (Å²) in [6.07, 6.45) is 2.35. The maximum absolute atomic E-state index is 13.3. The van der Waals surface area contributed by atoms with Gasteiger partial charge in [-0.05, 0) is 50.8 Å². The van der Waals surface area contributed by atoms with E-state index < -0.39 is 16.2 Å². The Balaban J connectivity index is 1.85. The number of amides is 1. The summed E-state index contributed by atoms with van der Waals surface area (Å²) in [7, 11) is -3.52. The van der Waals surface area contributed by atoms with E-state index in [1.807, 2.05) is 67.3 Å². The number of rotatable bonds is 5. The Morgan fingerprint density at radius 1 is 1.11 bits per heavy atom. The topological polar surface area (TPSA) is 63.7 Å². The minimum Gasteiger partial charge on any atom is -0.335 e. The minimum atomic E-state index is -3.52. The first kappa shape index (κ1) is 20.6. The van der Waals surface area contributed by atoms with Gasteiger partial charge in [0.15, 0.2) is 0 Å². The fraction of sp³-hybridized carbons (Fsp3) is 0.409. The third-order valence-corrected chi connectivity index (χ3v) is 5.64. The van der Waals surface area contributed by atoms with Crippen LogP contribution in [0.25, 0.3) is 0 Å². The van der Waals surface area contributed by atoms with Crippen molar-refractivity contribution in [3.05, 3.63) is 70.8 Å². The molecule has 0 aromatic heterocycles. The molecule has 0 saturated carbocycles. The molecule has 1 aliphatic heterocycles. The van der Waals surface area contributed by atoms with E-state index in [2.05, 4.69) is 0 Å². The van der Waals surface area contributed by atoms with E-state index in [0.717, 1.165) is 22.9 Å². The Bertz CT molecular complexity index is 920. The number of benzene rings is 2. The number of carbonyl (C=O) groups excluding carboxylic acids is 1. The molecule has 2 aromatic rings. The van der Waals surface area contributed by atoms with Crippen molar-refractivity contribution < 1.29 is 17.4 Å². The molecule has 2 atom stereocenters. The van der Waals surface area contributed by atoms with Gasteiger partial charge >= 0.3 is 0 Å². The van der Waals surface area contributed by atoms with Gasteiger partial charge in [0.1, 0.15) is 0 Å². The molecule has 28 heavy (non-hydrogen) atoms. The molecule has 2 aromatic carbocycles. The standard InChI is InChI=1S/C22H27NO4S/c1-16-11-17(2)13-19(12-16)22(24)23-10-9-21(27-28(3,25)26)15-20(23)14-18-7-5-4-6-8-18/h4-8,11-13,20-21H,9-10,14-15H2,1-3H3/t20-,21-/m1/s1. The van der Waals surface area contributed by atoms with E-state index in [4.69, 9.17) is 4.18 Å². The zero-order chi connectivity index (χ0) is 20.3. The second-order valence-electron chi connectivity index (χ2n) is 7.67. The van der Waals surface area contributed by atoms with Gasteiger partial charge in [-0.1, -0.05) is 47.5 Å². The van der Waals surface area contributed by atoms with Crippen LogP contribution < -0.4 is 0 Å². The molecule has 1 fully saturated rings. The number of hydrogen-bond acceptors (Lipinski definition) is 4. The van der Waals surface area contributed by atoms with Crippen LogP contribution in [0.2, 0.25) is 0 Å². The molecule has 0 bridgehead atoms. The average molecular weight is 402 g/mol. The molecule has 0 radical (unpaired) electrons. The van der Waals surface area contributed by atoms with Crippen molar-refractivity contribution >= 4 is 16.0 Å². The number of nitrogens with zero attached hydrogens (tertiary/aromatic N) is 1. The first-order chi connectivity index (χ1) is 13.2. The minimum absolute atomic E-state index is 0.00876. The van der Waals surface area contributed by atoms with Crippen molar-refractivity contribution in [3.63, 3.8) is 0 Å². The molecule has 0 unspecified atom stereocenters. The van der Waals surface area contributed by atoms with Gasteiger partial charge in [-0.25, -0.2) is 0 Å². The van der Waals surface area contributed by atoms with Gasteiger partial charge in [-0.2, -0.15) is 8.42 Å². The Hall–Kier alpha value is -2.18. The first-order valence-electron chi connectivity index (χ1n) is 9.53. The lowest BCUT2D eigenvalue weighted by atomic mass is 9.92. The predicted octanol–water partition coefficient (Wildman–Crippen LogP) is 3.50. The maximum Gasteiger partial charge on any atom is 0.264 e. The van der Waals surface area contributed by atoms with Crippen LogP contribution in [0, 0.1) is 13.8 Å². The van der Waals surface area contributed by atoms with E-state index in [-0.39, 0.29) is 11.9 Å². The third-order valence-electron chi connectivity index (χ3n) is 5.02. The van der Waals surface area contributed by atoms with Crippen molar-refractivity contribution in [2.45, 2.75) is 45.3 Å². The molecule has 1 saturated heterocycles. The summed E-state index contributed by atoms with van der Waals surface area (Å²) >= 11 is 0. The molecule has 0 N–H and O–H groups in total. The van der Waals surface area contributed by atoms with Gasteiger partial charge in [0.2, 0.25) is 0 Å². The molecule has 0 spiro atoms. The van der Waals surface area contributed by atoms with Crippen LogP contribution >= 0.6 is 0 Å². The van der Waals surface area contributed by atoms with Gasteiger partial charge < -0.3 is 4.90 Å². The Labute approximate surface area is 167 Å². The van der Waals surface area contributed by atoms with Crippen LogP contribution in [-0.2, 0) is 20.7 Å². The highest BCUT2D eigenvalue weighted by Gasteiger charge is 2.34. The SMILES string of the molecule is Cc1cc(C)cc(C(=O)N2CC[C@@H](OS(C)(=O)=O)C[C@H]2Cc2ccccc2)c1. The summed E-state index contributed by atoms with van der Waals surface area (Å²) in [6.45, 7) is 4.44. The molecule has 0 aliphatic carbocycles. The van der Waals surface area contributed by atoms with Gasteiger partial charge in [-0.3, -0.25) is 8.98 Å². The highest BCUT2D eigenvalue weighted by atomic mass is 32.2. The first-order valence-corrected chi connectivity index (χ1v) is 11.3. The normalized spacial score (nSPS) is 20.2. The van der Waals surface area contributed by atoms with Gasteiger partial charge in [0.25, 0.3) is 16.0 Å². The van der Waals surface area contributed by atoms with Crippen molar-refractivity contribution in [2.75, 3.05) is 12.8 Å². The average Bonchev–Trinajstić information content (AvgIpc) is 2.60. The monoisotopic (exact) mass is 401 g/mol. The number of likely N-dealkylation sites (tertiary alicyclic amines) is 1. The van der Waals surface area contributed by atoms with E-state index in [9.17, 15) is 13.2 Å². The lowest BCUT2D eigenvalue weighted by molar-refractivity contribution is 0.0412. The molecule has 3 rings (SSSR count). The molecular formula is C22H27NO4S. The highest BCUT2D eigenvalue weighted by molar-refractivity contribution is 7.86. The van der Waals surface area contributed by atoms with Crippen LogP contribution in [-0.4, -0.2) is 44.2 Å². The summed E-state index contributed by atoms with van der Waals surface area (Å²) in [4.78, 5) is 15.1. The van der Waals surface area contributed by atoms with E-state index in [1.165, 1.54) is 0 Å². The summed E-state index contributed by atoms with van der Waals surface area (Å²) in [5, 5.41) is 0. The lowest BCUT2D eigenvalue weighted by Gasteiger charge is -2.39. The molecule has 1 heterocycles. The highest BCUT2D eigenvalue weighted by Crippen LogP contribution is 2.26. The maximum atomic E-state index is 13.3. The van der Waals surface area contributed by atoms with Crippen molar-refractivity contribution in [1.29, 1.82) is 0 Å². The van der Waals surface area contributed by atoms with Gasteiger partial charge in [0.05, 0.1) is 12.4 Å². The van der Waals surface area contributed by atoms with E-state index >= 15 is 0 Å². The molecule has 150 valence electrons. The number of carbonyl (C=O) groups is 1. The molecule has 5 nitrogen and oxygen atoms in total. The zero-order valence-corrected chi connectivity index (χ0v) is 17.4. The lowest BCUT2D eigenvalue weighted by Crippen LogP contribution is -2.49. The molecule has 6 heteroatoms. The van der Waals surface area contributed by atoms with Gasteiger partial charge in [0, 0.05) is 18.2 Å². The summed E-state index contributed by atoms with van der Waals surface area (Å²) in [5.74, 6) is -0.00876. The van der Waals surface area contributed by atoms with Crippen LogP contribution in [0.5, 0.6) is 0 Å². The fourth-order valence-corrected chi connectivity index (χ4v) is 4.63. The Morgan fingerprint density at radius 3 is 2.36 bits per heavy atom. The van der Waals surface area contributed by atoms with Crippen LogP contribution in [0.3, 0.4) is 0 Å². The van der Waals surface area contributed by atoms with Crippen LogP contribution in [0.4, 0.5) is 0 Å². The van der Waals surface area contributed by atoms with Crippen LogP contribution in [0.15, 0.2) is 48.5 Å². The van der Waals surface area contributed by atoms with Crippen molar-refractivity contribution in [2.24, 2.45) is 0 Å². The number of aryl methyl sites for hydroxylation is 2. The molecular weight excluding hydrogens is 374 g/mol. The summed E-state index contributed by atoms with van der Waals surface area (Å²) < 4.78 is 28.4. The smallest absolute Gasteiger partial charge is 0.264 e. The zero-order valence-electron chi connectivity index (χ0n) is 16.6. The Kier molecular flexibility index (Phi) is 6.20. The second-order valence-corrected chi connectivity index (χ2v) is 9.27. The van der Waals surface area contributed by atoms with Crippen molar-refractivity contribution in [1.82, 2.24) is 4.90 Å². The van der Waals surface area contributed by atoms with E-state index in [0.29, 0.717) is 31.4 Å². The van der Waals surface area contributed by atoms with E-state index in [1.54, 1.807) is 0 Å². The number of hydrogen-bond donors (Lipinski definition) is 0. The van der Waals surface area contributed by atoms with Crippen LogP contribution in [0.1, 0.15) is 39.9 Å². The third kappa shape index (κ3) is 5.42.